The van der Waals surface area contributed by atoms with Crippen molar-refractivity contribution in [2.24, 2.45) is 0 Å². The number of amides is 1. The normalized spacial score (nSPS) is 16.6. The number of hydrogen-bond acceptors (Lipinski definition) is 3. The first-order chi connectivity index (χ1) is 11.5. The summed E-state index contributed by atoms with van der Waals surface area (Å²) in [5.74, 6) is -1.18. The van der Waals surface area contributed by atoms with Crippen LogP contribution in [0.5, 0.6) is 0 Å². The van der Waals surface area contributed by atoms with Crippen LogP contribution < -0.4 is 0 Å². The molecule has 3 rings (SSSR count). The van der Waals surface area contributed by atoms with Crippen molar-refractivity contribution in [2.75, 3.05) is 6.26 Å². The highest BCUT2D eigenvalue weighted by atomic mass is 32.2. The molecule has 1 aliphatic rings. The predicted octanol–water partition coefficient (Wildman–Crippen LogP) is 3.37. The number of aliphatic carboxylic acids is 1. The molecular formula is C19H19NO3S. The lowest BCUT2D eigenvalue weighted by molar-refractivity contribution is -0.142. The topological polar surface area (TPSA) is 57.6 Å². The third-order valence-electron chi connectivity index (χ3n) is 4.47. The van der Waals surface area contributed by atoms with Crippen LogP contribution in [0, 0.1) is 6.92 Å². The Morgan fingerprint density at radius 1 is 1.17 bits per heavy atom. The number of fused-ring (bicyclic) bond motifs is 1. The molecule has 2 aromatic carbocycles. The van der Waals surface area contributed by atoms with E-state index in [1.165, 1.54) is 4.90 Å². The van der Waals surface area contributed by atoms with E-state index in [1.54, 1.807) is 11.8 Å². The van der Waals surface area contributed by atoms with Crippen LogP contribution in [0.25, 0.3) is 0 Å². The van der Waals surface area contributed by atoms with Crippen molar-refractivity contribution in [1.82, 2.24) is 4.90 Å². The van der Waals surface area contributed by atoms with E-state index in [0.717, 1.165) is 21.6 Å². The lowest BCUT2D eigenvalue weighted by atomic mass is 9.93. The first-order valence-electron chi connectivity index (χ1n) is 7.76. The summed E-state index contributed by atoms with van der Waals surface area (Å²) in [4.78, 5) is 27.3. The monoisotopic (exact) mass is 341 g/mol. The van der Waals surface area contributed by atoms with Gasteiger partial charge in [0.25, 0.3) is 5.91 Å². The van der Waals surface area contributed by atoms with Gasteiger partial charge in [0, 0.05) is 23.4 Å². The van der Waals surface area contributed by atoms with Gasteiger partial charge in [-0.05, 0) is 42.0 Å². The summed E-state index contributed by atoms with van der Waals surface area (Å²) in [6.45, 7) is 2.21. The van der Waals surface area contributed by atoms with E-state index in [-0.39, 0.29) is 5.91 Å². The molecule has 5 heteroatoms. The smallest absolute Gasteiger partial charge is 0.326 e. The van der Waals surface area contributed by atoms with Crippen molar-refractivity contribution in [1.29, 1.82) is 0 Å². The fourth-order valence-corrected chi connectivity index (χ4v) is 3.51. The standard InChI is InChI=1S/C19H19NO3S/c1-12-7-8-15(24-2)10-16(12)18(21)20-11-14-6-4-3-5-13(14)9-17(20)19(22)23/h3-8,10,17H,9,11H2,1-2H3,(H,22,23). The molecule has 1 unspecified atom stereocenters. The van der Waals surface area contributed by atoms with E-state index >= 15 is 0 Å². The highest BCUT2D eigenvalue weighted by Gasteiger charge is 2.35. The van der Waals surface area contributed by atoms with Crippen LogP contribution in [-0.2, 0) is 17.8 Å². The van der Waals surface area contributed by atoms with Crippen molar-refractivity contribution in [3.05, 3.63) is 64.7 Å². The maximum atomic E-state index is 13.1. The Morgan fingerprint density at radius 2 is 1.88 bits per heavy atom. The molecule has 0 saturated heterocycles. The first-order valence-corrected chi connectivity index (χ1v) is 8.99. The minimum absolute atomic E-state index is 0.217. The molecule has 0 aromatic heterocycles. The van der Waals surface area contributed by atoms with Crippen LogP contribution in [-0.4, -0.2) is 34.2 Å². The SMILES string of the molecule is CSc1ccc(C)c(C(=O)N2Cc3ccccc3CC2C(=O)O)c1. The summed E-state index contributed by atoms with van der Waals surface area (Å²) < 4.78 is 0. The Balaban J connectivity index is 2.00. The van der Waals surface area contributed by atoms with Crippen LogP contribution in [0.4, 0.5) is 0 Å². The van der Waals surface area contributed by atoms with Crippen LogP contribution >= 0.6 is 11.8 Å². The van der Waals surface area contributed by atoms with Gasteiger partial charge in [-0.1, -0.05) is 30.3 Å². The Labute approximate surface area is 145 Å². The Kier molecular flexibility index (Phi) is 4.62. The van der Waals surface area contributed by atoms with Gasteiger partial charge in [-0.2, -0.15) is 0 Å². The lowest BCUT2D eigenvalue weighted by Gasteiger charge is -2.34. The fraction of sp³-hybridized carbons (Fsp3) is 0.263. The molecule has 0 aliphatic carbocycles. The molecule has 0 saturated carbocycles. The van der Waals surface area contributed by atoms with Crippen molar-refractivity contribution in [2.45, 2.75) is 30.8 Å². The summed E-state index contributed by atoms with van der Waals surface area (Å²) in [6, 6.07) is 12.6. The third-order valence-corrected chi connectivity index (χ3v) is 5.19. The largest absolute Gasteiger partial charge is 0.480 e. The molecule has 1 atom stereocenters. The van der Waals surface area contributed by atoms with Crippen molar-refractivity contribution in [3.8, 4) is 0 Å². The number of carboxylic acid groups (broad SMARTS) is 1. The zero-order valence-electron chi connectivity index (χ0n) is 13.7. The molecule has 1 N–H and O–H groups in total. The number of nitrogens with zero attached hydrogens (tertiary/aromatic N) is 1. The van der Waals surface area contributed by atoms with E-state index in [1.807, 2.05) is 55.6 Å². The van der Waals surface area contributed by atoms with E-state index < -0.39 is 12.0 Å². The second kappa shape index (κ2) is 6.69. The number of carbonyl (C=O) groups is 2. The van der Waals surface area contributed by atoms with Gasteiger partial charge in [-0.25, -0.2) is 4.79 Å². The molecule has 0 radical (unpaired) electrons. The molecule has 1 aliphatic heterocycles. The molecule has 24 heavy (non-hydrogen) atoms. The lowest BCUT2D eigenvalue weighted by Crippen LogP contribution is -2.48. The molecular weight excluding hydrogens is 322 g/mol. The number of hydrogen-bond donors (Lipinski definition) is 1. The molecule has 2 aromatic rings. The summed E-state index contributed by atoms with van der Waals surface area (Å²) in [5, 5.41) is 9.60. The van der Waals surface area contributed by atoms with Crippen LogP contribution in [0.1, 0.15) is 27.0 Å². The highest BCUT2D eigenvalue weighted by molar-refractivity contribution is 7.98. The van der Waals surface area contributed by atoms with Gasteiger partial charge in [-0.3, -0.25) is 4.79 Å². The average Bonchev–Trinajstić information content (AvgIpc) is 2.60. The van der Waals surface area contributed by atoms with E-state index in [2.05, 4.69) is 0 Å². The van der Waals surface area contributed by atoms with Gasteiger partial charge in [0.1, 0.15) is 6.04 Å². The van der Waals surface area contributed by atoms with Crippen LogP contribution in [0.15, 0.2) is 47.4 Å². The number of rotatable bonds is 3. The minimum atomic E-state index is -0.962. The molecule has 4 nitrogen and oxygen atoms in total. The Morgan fingerprint density at radius 3 is 2.54 bits per heavy atom. The van der Waals surface area contributed by atoms with Gasteiger partial charge < -0.3 is 10.0 Å². The summed E-state index contributed by atoms with van der Waals surface area (Å²) in [5.41, 5.74) is 3.46. The number of benzene rings is 2. The van der Waals surface area contributed by atoms with E-state index in [0.29, 0.717) is 18.5 Å². The van der Waals surface area contributed by atoms with E-state index in [4.69, 9.17) is 0 Å². The molecule has 1 heterocycles. The zero-order chi connectivity index (χ0) is 17.3. The van der Waals surface area contributed by atoms with Gasteiger partial charge in [0.2, 0.25) is 0 Å². The predicted molar refractivity (Wildman–Crippen MR) is 94.4 cm³/mol. The van der Waals surface area contributed by atoms with E-state index in [9.17, 15) is 14.7 Å². The molecule has 1 amide bonds. The maximum Gasteiger partial charge on any atom is 0.326 e. The van der Waals surface area contributed by atoms with Crippen LogP contribution in [0.2, 0.25) is 0 Å². The van der Waals surface area contributed by atoms with Gasteiger partial charge >= 0.3 is 5.97 Å². The first kappa shape index (κ1) is 16.6. The van der Waals surface area contributed by atoms with Crippen molar-refractivity contribution in [3.63, 3.8) is 0 Å². The Hall–Kier alpha value is -2.27. The summed E-state index contributed by atoms with van der Waals surface area (Å²) in [7, 11) is 0. The second-order valence-corrected chi connectivity index (χ2v) is 6.82. The summed E-state index contributed by atoms with van der Waals surface area (Å²) in [6.07, 6.45) is 2.30. The third kappa shape index (κ3) is 3.04. The number of aryl methyl sites for hydroxylation is 1. The number of thioether (sulfide) groups is 1. The molecule has 124 valence electrons. The maximum absolute atomic E-state index is 13.1. The van der Waals surface area contributed by atoms with Gasteiger partial charge in [-0.15, -0.1) is 11.8 Å². The van der Waals surface area contributed by atoms with Crippen LogP contribution in [0.3, 0.4) is 0 Å². The van der Waals surface area contributed by atoms with Gasteiger partial charge in [0.15, 0.2) is 0 Å². The zero-order valence-corrected chi connectivity index (χ0v) is 14.5. The molecule has 0 bridgehead atoms. The fourth-order valence-electron chi connectivity index (χ4n) is 3.07. The average molecular weight is 341 g/mol. The number of carboxylic acids is 1. The molecule has 0 fully saturated rings. The summed E-state index contributed by atoms with van der Waals surface area (Å²) >= 11 is 1.56. The number of carbonyl (C=O) groups excluding carboxylic acids is 1. The Bertz CT molecular complexity index is 803. The minimum Gasteiger partial charge on any atom is -0.480 e. The second-order valence-electron chi connectivity index (χ2n) is 5.94. The quantitative estimate of drug-likeness (QED) is 0.870. The molecule has 0 spiro atoms. The van der Waals surface area contributed by atoms with Crippen molar-refractivity contribution < 1.29 is 14.7 Å². The van der Waals surface area contributed by atoms with Gasteiger partial charge in [0.05, 0.1) is 0 Å². The van der Waals surface area contributed by atoms with Crippen molar-refractivity contribution >= 4 is 23.6 Å². The highest BCUT2D eigenvalue weighted by Crippen LogP contribution is 2.27.